The number of methoxy groups -OCH3 is 1. The van der Waals surface area contributed by atoms with E-state index in [1.165, 1.54) is 19.3 Å². The summed E-state index contributed by atoms with van der Waals surface area (Å²) in [6.45, 7) is 2.74. The molecule has 1 saturated carbocycles. The van der Waals surface area contributed by atoms with Crippen molar-refractivity contribution in [1.82, 2.24) is 5.32 Å². The van der Waals surface area contributed by atoms with Gasteiger partial charge in [-0.1, -0.05) is 19.8 Å². The fourth-order valence-corrected chi connectivity index (χ4v) is 2.20. The number of amides is 1. The summed E-state index contributed by atoms with van der Waals surface area (Å²) in [7, 11) is 1.62. The summed E-state index contributed by atoms with van der Waals surface area (Å²) in [6.07, 6.45) is 5.37. The molecule has 1 aliphatic carbocycles. The zero-order valence-electron chi connectivity index (χ0n) is 10.4. The highest BCUT2D eigenvalue weighted by atomic mass is 16.5. The smallest absolute Gasteiger partial charge is 0.237 e. The van der Waals surface area contributed by atoms with Crippen molar-refractivity contribution in [2.75, 3.05) is 13.7 Å². The molecule has 0 bridgehead atoms. The van der Waals surface area contributed by atoms with Crippen molar-refractivity contribution >= 4 is 5.91 Å². The summed E-state index contributed by atoms with van der Waals surface area (Å²) in [4.78, 5) is 11.8. The number of nitrogens with one attached hydrogen (secondary N) is 1. The Morgan fingerprint density at radius 2 is 2.19 bits per heavy atom. The van der Waals surface area contributed by atoms with E-state index in [9.17, 15) is 4.79 Å². The second-order valence-corrected chi connectivity index (χ2v) is 4.76. The highest BCUT2D eigenvalue weighted by Crippen LogP contribution is 2.23. The Kier molecular flexibility index (Phi) is 5.77. The zero-order valence-corrected chi connectivity index (χ0v) is 10.4. The van der Waals surface area contributed by atoms with Gasteiger partial charge in [0.1, 0.15) is 0 Å². The SMILES string of the molecule is COCCC(N)C(=O)NC1CCCCC1C. The van der Waals surface area contributed by atoms with Crippen molar-refractivity contribution in [3.63, 3.8) is 0 Å². The minimum Gasteiger partial charge on any atom is -0.385 e. The summed E-state index contributed by atoms with van der Waals surface area (Å²) >= 11 is 0. The van der Waals surface area contributed by atoms with Gasteiger partial charge in [-0.15, -0.1) is 0 Å². The van der Waals surface area contributed by atoms with E-state index in [0.717, 1.165) is 6.42 Å². The molecule has 1 fully saturated rings. The van der Waals surface area contributed by atoms with Crippen molar-refractivity contribution < 1.29 is 9.53 Å². The van der Waals surface area contributed by atoms with Crippen LogP contribution in [0.15, 0.2) is 0 Å². The molecular formula is C12H24N2O2. The van der Waals surface area contributed by atoms with E-state index in [1.54, 1.807) is 7.11 Å². The van der Waals surface area contributed by atoms with Crippen molar-refractivity contribution in [3.8, 4) is 0 Å². The Morgan fingerprint density at radius 1 is 1.50 bits per heavy atom. The van der Waals surface area contributed by atoms with Gasteiger partial charge in [-0.25, -0.2) is 0 Å². The van der Waals surface area contributed by atoms with Gasteiger partial charge < -0.3 is 15.8 Å². The molecule has 1 amide bonds. The van der Waals surface area contributed by atoms with E-state index >= 15 is 0 Å². The predicted octanol–water partition coefficient (Wildman–Crippen LogP) is 1.05. The molecular weight excluding hydrogens is 204 g/mol. The fourth-order valence-electron chi connectivity index (χ4n) is 2.20. The number of carbonyl (C=O) groups is 1. The van der Waals surface area contributed by atoms with Crippen LogP contribution in [-0.4, -0.2) is 31.7 Å². The highest BCUT2D eigenvalue weighted by molar-refractivity contribution is 5.81. The molecule has 94 valence electrons. The van der Waals surface area contributed by atoms with Gasteiger partial charge in [-0.05, 0) is 25.2 Å². The first-order valence-corrected chi connectivity index (χ1v) is 6.20. The molecule has 16 heavy (non-hydrogen) atoms. The molecule has 0 spiro atoms. The first-order chi connectivity index (χ1) is 7.65. The lowest BCUT2D eigenvalue weighted by atomic mass is 9.86. The topological polar surface area (TPSA) is 64.3 Å². The van der Waals surface area contributed by atoms with Crippen LogP contribution in [0.1, 0.15) is 39.0 Å². The fraction of sp³-hybridized carbons (Fsp3) is 0.917. The Labute approximate surface area is 97.9 Å². The number of rotatable bonds is 5. The molecule has 0 radical (unpaired) electrons. The Balaban J connectivity index is 2.31. The number of nitrogens with two attached hydrogens (primary N) is 1. The van der Waals surface area contributed by atoms with E-state index in [-0.39, 0.29) is 5.91 Å². The number of ether oxygens (including phenoxy) is 1. The number of hydrogen-bond acceptors (Lipinski definition) is 3. The van der Waals surface area contributed by atoms with Gasteiger partial charge in [0.15, 0.2) is 0 Å². The van der Waals surface area contributed by atoms with Crippen molar-refractivity contribution in [2.45, 2.75) is 51.1 Å². The van der Waals surface area contributed by atoms with Gasteiger partial charge in [0.25, 0.3) is 0 Å². The van der Waals surface area contributed by atoms with Crippen LogP contribution in [-0.2, 0) is 9.53 Å². The van der Waals surface area contributed by atoms with E-state index < -0.39 is 6.04 Å². The van der Waals surface area contributed by atoms with E-state index in [4.69, 9.17) is 10.5 Å². The normalized spacial score (nSPS) is 27.4. The van der Waals surface area contributed by atoms with Crippen LogP contribution in [0.4, 0.5) is 0 Å². The van der Waals surface area contributed by atoms with Crippen LogP contribution in [0.25, 0.3) is 0 Å². The lowest BCUT2D eigenvalue weighted by Gasteiger charge is -2.30. The van der Waals surface area contributed by atoms with E-state index in [1.807, 2.05) is 0 Å². The van der Waals surface area contributed by atoms with Crippen molar-refractivity contribution in [2.24, 2.45) is 11.7 Å². The van der Waals surface area contributed by atoms with Crippen LogP contribution in [0.5, 0.6) is 0 Å². The molecule has 4 nitrogen and oxygen atoms in total. The third-order valence-corrected chi connectivity index (χ3v) is 3.41. The van der Waals surface area contributed by atoms with Crippen molar-refractivity contribution in [1.29, 1.82) is 0 Å². The molecule has 0 aromatic carbocycles. The zero-order chi connectivity index (χ0) is 12.0. The van der Waals surface area contributed by atoms with Crippen LogP contribution in [0.3, 0.4) is 0 Å². The first kappa shape index (κ1) is 13.5. The Morgan fingerprint density at radius 3 is 2.81 bits per heavy atom. The lowest BCUT2D eigenvalue weighted by Crippen LogP contribution is -2.48. The molecule has 3 N–H and O–H groups in total. The van der Waals surface area contributed by atoms with Gasteiger partial charge >= 0.3 is 0 Å². The summed E-state index contributed by atoms with van der Waals surface area (Å²) in [5, 5.41) is 3.06. The second kappa shape index (κ2) is 6.86. The number of carbonyl (C=O) groups excluding carboxylic acids is 1. The van der Waals surface area contributed by atoms with E-state index in [2.05, 4.69) is 12.2 Å². The maximum absolute atomic E-state index is 11.8. The summed E-state index contributed by atoms with van der Waals surface area (Å²) < 4.78 is 4.91. The molecule has 4 heteroatoms. The van der Waals surface area contributed by atoms with Crippen LogP contribution in [0.2, 0.25) is 0 Å². The van der Waals surface area contributed by atoms with Gasteiger partial charge in [-0.3, -0.25) is 4.79 Å². The minimum absolute atomic E-state index is 0.0317. The molecule has 1 aliphatic rings. The van der Waals surface area contributed by atoms with Crippen molar-refractivity contribution in [3.05, 3.63) is 0 Å². The first-order valence-electron chi connectivity index (χ1n) is 6.20. The third-order valence-electron chi connectivity index (χ3n) is 3.41. The van der Waals surface area contributed by atoms with Crippen LogP contribution < -0.4 is 11.1 Å². The highest BCUT2D eigenvalue weighted by Gasteiger charge is 2.24. The summed E-state index contributed by atoms with van der Waals surface area (Å²) in [5.41, 5.74) is 5.77. The van der Waals surface area contributed by atoms with Gasteiger partial charge in [0.2, 0.25) is 5.91 Å². The quantitative estimate of drug-likeness (QED) is 0.739. The third kappa shape index (κ3) is 4.10. The maximum atomic E-state index is 11.8. The molecule has 3 unspecified atom stereocenters. The molecule has 1 rings (SSSR count). The maximum Gasteiger partial charge on any atom is 0.237 e. The van der Waals surface area contributed by atoms with E-state index in [0.29, 0.717) is 25.0 Å². The predicted molar refractivity (Wildman–Crippen MR) is 64.0 cm³/mol. The summed E-state index contributed by atoms with van der Waals surface area (Å²) in [6, 6.07) is -0.121. The van der Waals surface area contributed by atoms with Gasteiger partial charge in [0.05, 0.1) is 6.04 Å². The second-order valence-electron chi connectivity index (χ2n) is 4.76. The largest absolute Gasteiger partial charge is 0.385 e. The van der Waals surface area contributed by atoms with Crippen LogP contribution in [0, 0.1) is 5.92 Å². The standard InChI is InChI=1S/C12H24N2O2/c1-9-5-3-4-6-11(9)14-12(15)10(13)7-8-16-2/h9-11H,3-8,13H2,1-2H3,(H,14,15). The van der Waals surface area contributed by atoms with Gasteiger partial charge in [0, 0.05) is 19.8 Å². The molecule has 0 heterocycles. The number of hydrogen-bond donors (Lipinski definition) is 2. The average molecular weight is 228 g/mol. The Bertz CT molecular complexity index is 221. The molecule has 0 saturated heterocycles. The lowest BCUT2D eigenvalue weighted by molar-refractivity contribution is -0.124. The summed E-state index contributed by atoms with van der Waals surface area (Å²) in [5.74, 6) is 0.545. The average Bonchev–Trinajstić information content (AvgIpc) is 2.28. The Hall–Kier alpha value is -0.610. The minimum atomic E-state index is -0.436. The molecule has 3 atom stereocenters. The molecule has 0 aromatic rings. The van der Waals surface area contributed by atoms with Crippen LogP contribution >= 0.6 is 0 Å². The monoisotopic (exact) mass is 228 g/mol. The molecule has 0 aromatic heterocycles. The molecule has 0 aliphatic heterocycles. The van der Waals surface area contributed by atoms with Gasteiger partial charge in [-0.2, -0.15) is 0 Å².